The maximum absolute atomic E-state index is 11.7. The lowest BCUT2D eigenvalue weighted by atomic mass is 9.94. The van der Waals surface area contributed by atoms with Crippen LogP contribution in [0.1, 0.15) is 61.6 Å². The molecule has 2 rings (SSSR count). The topological polar surface area (TPSA) is 55.0 Å². The van der Waals surface area contributed by atoms with Gasteiger partial charge in [-0.3, -0.25) is 0 Å². The number of hydrogen-bond acceptors (Lipinski definition) is 3. The summed E-state index contributed by atoms with van der Waals surface area (Å²) in [5, 5.41) is 0. The number of esters is 1. The Morgan fingerprint density at radius 2 is 2.11 bits per heavy atom. The molecule has 0 bridgehead atoms. The molecule has 0 atom stereocenters. The van der Waals surface area contributed by atoms with Crippen LogP contribution in [0.5, 0.6) is 0 Å². The Morgan fingerprint density at radius 1 is 1.39 bits per heavy atom. The molecular formula is C14H22N2O2. The Labute approximate surface area is 108 Å². The van der Waals surface area contributed by atoms with E-state index >= 15 is 0 Å². The minimum absolute atomic E-state index is 0.303. The fourth-order valence-corrected chi connectivity index (χ4v) is 2.71. The molecule has 1 aliphatic rings. The van der Waals surface area contributed by atoms with Gasteiger partial charge in [-0.2, -0.15) is 0 Å². The molecule has 0 aliphatic heterocycles. The van der Waals surface area contributed by atoms with Gasteiger partial charge in [0.1, 0.15) is 0 Å². The normalized spacial score (nSPS) is 17.4. The summed E-state index contributed by atoms with van der Waals surface area (Å²) in [4.78, 5) is 18.9. The minimum Gasteiger partial charge on any atom is -0.461 e. The molecule has 1 aliphatic carbocycles. The SMILES string of the molecule is CCOC(=O)c1nc[nH]c1CC1CCCCCC1. The number of rotatable bonds is 4. The highest BCUT2D eigenvalue weighted by atomic mass is 16.5. The van der Waals surface area contributed by atoms with Gasteiger partial charge in [-0.25, -0.2) is 9.78 Å². The van der Waals surface area contributed by atoms with Crippen molar-refractivity contribution in [2.75, 3.05) is 6.61 Å². The third-order valence-electron chi connectivity index (χ3n) is 3.65. The summed E-state index contributed by atoms with van der Waals surface area (Å²) in [6.07, 6.45) is 10.4. The Kier molecular flexibility index (Phi) is 4.79. The smallest absolute Gasteiger partial charge is 0.358 e. The monoisotopic (exact) mass is 250 g/mol. The van der Waals surface area contributed by atoms with Gasteiger partial charge in [-0.05, 0) is 19.3 Å². The van der Waals surface area contributed by atoms with Crippen molar-refractivity contribution in [1.29, 1.82) is 0 Å². The van der Waals surface area contributed by atoms with Crippen molar-refractivity contribution in [2.45, 2.75) is 51.9 Å². The Morgan fingerprint density at radius 3 is 2.78 bits per heavy atom. The number of carbonyl (C=O) groups excluding carboxylic acids is 1. The van der Waals surface area contributed by atoms with E-state index in [0.29, 0.717) is 18.2 Å². The summed E-state index contributed by atoms with van der Waals surface area (Å²) in [6, 6.07) is 0. The van der Waals surface area contributed by atoms with Gasteiger partial charge in [-0.15, -0.1) is 0 Å². The van der Waals surface area contributed by atoms with Crippen molar-refractivity contribution >= 4 is 5.97 Å². The first-order valence-corrected chi connectivity index (χ1v) is 7.00. The first-order valence-electron chi connectivity index (χ1n) is 7.00. The number of aromatic amines is 1. The van der Waals surface area contributed by atoms with Crippen LogP contribution >= 0.6 is 0 Å². The molecule has 1 aromatic heterocycles. The van der Waals surface area contributed by atoms with Crippen LogP contribution in [0.3, 0.4) is 0 Å². The maximum Gasteiger partial charge on any atom is 0.358 e. The van der Waals surface area contributed by atoms with E-state index in [9.17, 15) is 4.79 Å². The summed E-state index contributed by atoms with van der Waals surface area (Å²) < 4.78 is 5.02. The Hall–Kier alpha value is -1.32. The largest absolute Gasteiger partial charge is 0.461 e. The van der Waals surface area contributed by atoms with E-state index in [1.54, 1.807) is 6.33 Å². The molecule has 1 aromatic rings. The van der Waals surface area contributed by atoms with E-state index in [-0.39, 0.29) is 5.97 Å². The number of ether oxygens (including phenoxy) is 1. The zero-order chi connectivity index (χ0) is 12.8. The van der Waals surface area contributed by atoms with Crippen molar-refractivity contribution in [1.82, 2.24) is 9.97 Å². The van der Waals surface area contributed by atoms with Gasteiger partial charge in [0.15, 0.2) is 5.69 Å². The molecule has 1 heterocycles. The van der Waals surface area contributed by atoms with E-state index in [1.807, 2.05) is 6.92 Å². The maximum atomic E-state index is 11.7. The standard InChI is InChI=1S/C14H22N2O2/c1-2-18-14(17)13-12(15-10-16-13)9-11-7-5-3-4-6-8-11/h10-11H,2-9H2,1H3,(H,15,16). The van der Waals surface area contributed by atoms with Crippen LogP contribution in [0.2, 0.25) is 0 Å². The van der Waals surface area contributed by atoms with Crippen molar-refractivity contribution in [3.63, 3.8) is 0 Å². The van der Waals surface area contributed by atoms with E-state index in [4.69, 9.17) is 4.74 Å². The van der Waals surface area contributed by atoms with Crippen LogP contribution in [-0.4, -0.2) is 22.5 Å². The molecular weight excluding hydrogens is 228 g/mol. The quantitative estimate of drug-likeness (QED) is 0.660. The molecule has 100 valence electrons. The van der Waals surface area contributed by atoms with Crippen LogP contribution in [0.4, 0.5) is 0 Å². The number of nitrogens with one attached hydrogen (secondary N) is 1. The van der Waals surface area contributed by atoms with E-state index in [0.717, 1.165) is 12.1 Å². The third kappa shape index (κ3) is 3.34. The lowest BCUT2D eigenvalue weighted by Gasteiger charge is -2.13. The first-order chi connectivity index (χ1) is 8.81. The summed E-state index contributed by atoms with van der Waals surface area (Å²) in [5.74, 6) is 0.378. The van der Waals surface area contributed by atoms with Crippen molar-refractivity contribution in [2.24, 2.45) is 5.92 Å². The predicted molar refractivity (Wildman–Crippen MR) is 69.4 cm³/mol. The van der Waals surface area contributed by atoms with Crippen LogP contribution in [0.25, 0.3) is 0 Å². The first kappa shape index (κ1) is 13.1. The average Bonchev–Trinajstić information content (AvgIpc) is 2.66. The predicted octanol–water partition coefficient (Wildman–Crippen LogP) is 3.10. The molecule has 0 spiro atoms. The van der Waals surface area contributed by atoms with Crippen LogP contribution in [-0.2, 0) is 11.2 Å². The van der Waals surface area contributed by atoms with Gasteiger partial charge < -0.3 is 9.72 Å². The second-order valence-corrected chi connectivity index (χ2v) is 5.01. The molecule has 1 saturated carbocycles. The van der Waals surface area contributed by atoms with Gasteiger partial charge in [0.25, 0.3) is 0 Å². The van der Waals surface area contributed by atoms with Gasteiger partial charge >= 0.3 is 5.97 Å². The summed E-state index contributed by atoms with van der Waals surface area (Å²) in [7, 11) is 0. The highest BCUT2D eigenvalue weighted by molar-refractivity contribution is 5.88. The van der Waals surface area contributed by atoms with Crippen LogP contribution < -0.4 is 0 Å². The molecule has 0 unspecified atom stereocenters. The summed E-state index contributed by atoms with van der Waals surface area (Å²) >= 11 is 0. The molecule has 18 heavy (non-hydrogen) atoms. The van der Waals surface area contributed by atoms with Gasteiger partial charge in [0.2, 0.25) is 0 Å². The second-order valence-electron chi connectivity index (χ2n) is 5.01. The van der Waals surface area contributed by atoms with E-state index in [1.165, 1.54) is 38.5 Å². The minimum atomic E-state index is -0.303. The number of aromatic nitrogens is 2. The molecule has 1 fully saturated rings. The number of imidazole rings is 1. The van der Waals surface area contributed by atoms with E-state index in [2.05, 4.69) is 9.97 Å². The number of hydrogen-bond donors (Lipinski definition) is 1. The molecule has 0 aromatic carbocycles. The summed E-state index contributed by atoms with van der Waals surface area (Å²) in [6.45, 7) is 2.21. The van der Waals surface area contributed by atoms with Crippen molar-refractivity contribution in [3.8, 4) is 0 Å². The number of H-pyrrole nitrogens is 1. The van der Waals surface area contributed by atoms with E-state index < -0.39 is 0 Å². The molecule has 0 amide bonds. The summed E-state index contributed by atoms with van der Waals surface area (Å²) in [5.41, 5.74) is 1.42. The zero-order valence-electron chi connectivity index (χ0n) is 11.1. The number of nitrogens with zero attached hydrogens (tertiary/aromatic N) is 1. The molecule has 4 heteroatoms. The lowest BCUT2D eigenvalue weighted by molar-refractivity contribution is 0.0518. The van der Waals surface area contributed by atoms with Crippen LogP contribution in [0.15, 0.2) is 6.33 Å². The van der Waals surface area contributed by atoms with Gasteiger partial charge in [-0.1, -0.05) is 38.5 Å². The molecule has 0 saturated heterocycles. The lowest BCUT2D eigenvalue weighted by Crippen LogP contribution is -2.11. The average molecular weight is 250 g/mol. The molecule has 1 N–H and O–H groups in total. The Balaban J connectivity index is 2.00. The van der Waals surface area contributed by atoms with Crippen LogP contribution in [0, 0.1) is 5.92 Å². The van der Waals surface area contributed by atoms with Crippen molar-refractivity contribution < 1.29 is 9.53 Å². The fraction of sp³-hybridized carbons (Fsp3) is 0.714. The fourth-order valence-electron chi connectivity index (χ4n) is 2.71. The molecule has 0 radical (unpaired) electrons. The highest BCUT2D eigenvalue weighted by Gasteiger charge is 2.20. The van der Waals surface area contributed by atoms with Gasteiger partial charge in [0.05, 0.1) is 12.9 Å². The zero-order valence-corrected chi connectivity index (χ0v) is 11.1. The number of carbonyl (C=O) groups is 1. The molecule has 4 nitrogen and oxygen atoms in total. The Bertz CT molecular complexity index is 379. The highest BCUT2D eigenvalue weighted by Crippen LogP contribution is 2.26. The van der Waals surface area contributed by atoms with Crippen molar-refractivity contribution in [3.05, 3.63) is 17.7 Å². The van der Waals surface area contributed by atoms with Gasteiger partial charge in [0, 0.05) is 5.69 Å². The second kappa shape index (κ2) is 6.57. The third-order valence-corrected chi connectivity index (χ3v) is 3.65.